The lowest BCUT2D eigenvalue weighted by atomic mass is 10.1. The Balaban J connectivity index is 2.46. The fraction of sp³-hybridized carbons (Fsp3) is 0.571. The lowest BCUT2D eigenvalue weighted by Gasteiger charge is -2.27. The van der Waals surface area contributed by atoms with Crippen molar-refractivity contribution in [1.82, 2.24) is 4.31 Å². The van der Waals surface area contributed by atoms with Gasteiger partial charge in [-0.3, -0.25) is 0 Å². The van der Waals surface area contributed by atoms with E-state index in [1.807, 2.05) is 6.92 Å². The second kappa shape index (κ2) is 5.51. The van der Waals surface area contributed by atoms with E-state index in [2.05, 4.69) is 0 Å². The molecule has 106 valence electrons. The van der Waals surface area contributed by atoms with Crippen molar-refractivity contribution < 1.29 is 8.42 Å². The third-order valence-electron chi connectivity index (χ3n) is 3.80. The van der Waals surface area contributed by atoms with Crippen LogP contribution in [0, 0.1) is 6.92 Å². The summed E-state index contributed by atoms with van der Waals surface area (Å²) >= 11 is 0. The van der Waals surface area contributed by atoms with E-state index in [0.717, 1.165) is 31.2 Å². The van der Waals surface area contributed by atoms with E-state index in [0.29, 0.717) is 12.2 Å². The summed E-state index contributed by atoms with van der Waals surface area (Å²) in [6.45, 7) is 4.38. The van der Waals surface area contributed by atoms with E-state index in [-0.39, 0.29) is 10.9 Å². The third-order valence-corrected chi connectivity index (χ3v) is 6.03. The molecule has 1 aliphatic rings. The Kier molecular flexibility index (Phi) is 4.16. The molecule has 1 fully saturated rings. The number of hydrogen-bond acceptors (Lipinski definition) is 3. The molecular formula is C14H22N2O2S. The van der Waals surface area contributed by atoms with Crippen molar-refractivity contribution in [3.05, 3.63) is 23.8 Å². The Morgan fingerprint density at radius 3 is 2.68 bits per heavy atom. The van der Waals surface area contributed by atoms with Crippen molar-refractivity contribution in [2.75, 3.05) is 12.3 Å². The van der Waals surface area contributed by atoms with Gasteiger partial charge in [-0.05, 0) is 38.3 Å². The quantitative estimate of drug-likeness (QED) is 0.848. The van der Waals surface area contributed by atoms with E-state index in [1.54, 1.807) is 29.4 Å². The van der Waals surface area contributed by atoms with Gasteiger partial charge >= 0.3 is 0 Å². The molecular weight excluding hydrogens is 260 g/mol. The van der Waals surface area contributed by atoms with Gasteiger partial charge < -0.3 is 5.73 Å². The van der Waals surface area contributed by atoms with Crippen LogP contribution in [0.15, 0.2) is 23.1 Å². The van der Waals surface area contributed by atoms with Gasteiger partial charge in [-0.25, -0.2) is 8.42 Å². The minimum absolute atomic E-state index is 0.0477. The molecule has 2 N–H and O–H groups in total. The highest BCUT2D eigenvalue weighted by Crippen LogP contribution is 2.29. The highest BCUT2D eigenvalue weighted by molar-refractivity contribution is 7.89. The summed E-state index contributed by atoms with van der Waals surface area (Å²) in [5.41, 5.74) is 6.96. The molecule has 0 aromatic heterocycles. The Labute approximate surface area is 115 Å². The Bertz CT molecular complexity index is 534. The van der Waals surface area contributed by atoms with E-state index in [4.69, 9.17) is 5.73 Å². The second-order valence-corrected chi connectivity index (χ2v) is 7.13. The monoisotopic (exact) mass is 282 g/mol. The average molecular weight is 282 g/mol. The van der Waals surface area contributed by atoms with E-state index in [1.165, 1.54) is 0 Å². The maximum absolute atomic E-state index is 12.8. The zero-order valence-corrected chi connectivity index (χ0v) is 12.4. The summed E-state index contributed by atoms with van der Waals surface area (Å²) in [5.74, 6) is 0. The average Bonchev–Trinajstić information content (AvgIpc) is 2.53. The topological polar surface area (TPSA) is 63.4 Å². The van der Waals surface area contributed by atoms with Gasteiger partial charge in [0.05, 0.1) is 5.69 Å². The van der Waals surface area contributed by atoms with Gasteiger partial charge in [0.2, 0.25) is 10.0 Å². The van der Waals surface area contributed by atoms with Gasteiger partial charge in [0.1, 0.15) is 4.90 Å². The summed E-state index contributed by atoms with van der Waals surface area (Å²) in [4.78, 5) is 0.281. The molecule has 0 bridgehead atoms. The number of benzene rings is 1. The van der Waals surface area contributed by atoms with Crippen LogP contribution in [-0.4, -0.2) is 25.3 Å². The predicted molar refractivity (Wildman–Crippen MR) is 77.4 cm³/mol. The maximum Gasteiger partial charge on any atom is 0.245 e. The van der Waals surface area contributed by atoms with Crippen molar-refractivity contribution in [2.24, 2.45) is 0 Å². The van der Waals surface area contributed by atoms with Crippen LogP contribution in [0.2, 0.25) is 0 Å². The predicted octanol–water partition coefficient (Wildman–Crippen LogP) is 2.53. The van der Waals surface area contributed by atoms with Gasteiger partial charge in [0.25, 0.3) is 0 Å². The fourth-order valence-corrected chi connectivity index (χ4v) is 4.77. The van der Waals surface area contributed by atoms with Gasteiger partial charge in [0.15, 0.2) is 0 Å². The van der Waals surface area contributed by atoms with E-state index >= 15 is 0 Å². The summed E-state index contributed by atoms with van der Waals surface area (Å²) in [7, 11) is -3.49. The number of nitrogens with two attached hydrogens (primary N) is 1. The number of rotatable bonds is 2. The first-order chi connectivity index (χ1) is 8.94. The summed E-state index contributed by atoms with van der Waals surface area (Å²) in [6, 6.07) is 5.29. The second-order valence-electron chi connectivity index (χ2n) is 5.31. The molecule has 4 nitrogen and oxygen atoms in total. The number of sulfonamides is 1. The van der Waals surface area contributed by atoms with Crippen LogP contribution in [0.3, 0.4) is 0 Å². The van der Waals surface area contributed by atoms with Crippen molar-refractivity contribution in [2.45, 2.75) is 50.5 Å². The zero-order valence-electron chi connectivity index (χ0n) is 11.6. The van der Waals surface area contributed by atoms with Crippen LogP contribution in [0.1, 0.15) is 38.2 Å². The van der Waals surface area contributed by atoms with Crippen LogP contribution in [0.5, 0.6) is 0 Å². The number of nitrogen functional groups attached to an aromatic ring is 1. The SMILES string of the molecule is Cc1cccc(N)c1S(=O)(=O)N1CCCCCC1C. The molecule has 1 atom stereocenters. The van der Waals surface area contributed by atoms with Gasteiger partial charge in [0, 0.05) is 12.6 Å². The molecule has 0 amide bonds. The Morgan fingerprint density at radius 1 is 1.26 bits per heavy atom. The Morgan fingerprint density at radius 2 is 2.00 bits per heavy atom. The first kappa shape index (κ1) is 14.3. The molecule has 19 heavy (non-hydrogen) atoms. The van der Waals surface area contributed by atoms with Crippen LogP contribution in [0.4, 0.5) is 5.69 Å². The molecule has 0 saturated carbocycles. The van der Waals surface area contributed by atoms with Crippen LogP contribution in [-0.2, 0) is 10.0 Å². The normalized spacial score (nSPS) is 22.1. The maximum atomic E-state index is 12.8. The molecule has 0 radical (unpaired) electrons. The van der Waals surface area contributed by atoms with Crippen LogP contribution >= 0.6 is 0 Å². The van der Waals surface area contributed by atoms with Crippen molar-refractivity contribution in [3.63, 3.8) is 0 Å². The molecule has 5 heteroatoms. The molecule has 1 unspecified atom stereocenters. The smallest absolute Gasteiger partial charge is 0.245 e. The van der Waals surface area contributed by atoms with Gasteiger partial charge in [-0.1, -0.05) is 25.0 Å². The first-order valence-corrected chi connectivity index (χ1v) is 8.25. The minimum atomic E-state index is -3.49. The van der Waals surface area contributed by atoms with Crippen molar-refractivity contribution >= 4 is 15.7 Å². The highest BCUT2D eigenvalue weighted by atomic mass is 32.2. The third kappa shape index (κ3) is 2.77. The van der Waals surface area contributed by atoms with Crippen LogP contribution < -0.4 is 5.73 Å². The number of anilines is 1. The molecule has 1 saturated heterocycles. The van der Waals surface area contributed by atoms with Crippen molar-refractivity contribution in [1.29, 1.82) is 0 Å². The highest BCUT2D eigenvalue weighted by Gasteiger charge is 2.32. The molecule has 2 rings (SSSR count). The first-order valence-electron chi connectivity index (χ1n) is 6.81. The number of hydrogen-bond donors (Lipinski definition) is 1. The summed E-state index contributed by atoms with van der Waals surface area (Å²) in [6.07, 6.45) is 4.04. The summed E-state index contributed by atoms with van der Waals surface area (Å²) in [5, 5.41) is 0. The summed E-state index contributed by atoms with van der Waals surface area (Å²) < 4.78 is 27.3. The molecule has 1 aliphatic heterocycles. The number of aryl methyl sites for hydroxylation is 1. The standard InChI is InChI=1S/C14H22N2O2S/c1-11-7-6-9-13(15)14(11)19(17,18)16-10-5-3-4-8-12(16)2/h6-7,9,12H,3-5,8,10,15H2,1-2H3. The molecule has 1 aromatic carbocycles. The van der Waals surface area contributed by atoms with Crippen LogP contribution in [0.25, 0.3) is 0 Å². The lowest BCUT2D eigenvalue weighted by Crippen LogP contribution is -2.38. The Hall–Kier alpha value is -1.07. The van der Waals surface area contributed by atoms with E-state index in [9.17, 15) is 8.42 Å². The molecule has 1 heterocycles. The van der Waals surface area contributed by atoms with Gasteiger partial charge in [-0.15, -0.1) is 0 Å². The van der Waals surface area contributed by atoms with E-state index < -0.39 is 10.0 Å². The van der Waals surface area contributed by atoms with Crippen molar-refractivity contribution in [3.8, 4) is 0 Å². The molecule has 1 aromatic rings. The largest absolute Gasteiger partial charge is 0.398 e. The number of nitrogens with zero attached hydrogens (tertiary/aromatic N) is 1. The minimum Gasteiger partial charge on any atom is -0.398 e. The lowest BCUT2D eigenvalue weighted by molar-refractivity contribution is 0.342. The molecule has 0 spiro atoms. The molecule has 0 aliphatic carbocycles. The van der Waals surface area contributed by atoms with Gasteiger partial charge in [-0.2, -0.15) is 4.31 Å². The zero-order chi connectivity index (χ0) is 14.0. The fourth-order valence-electron chi connectivity index (χ4n) is 2.75.